The Kier molecular flexibility index (Phi) is 7.05. The van der Waals surface area contributed by atoms with Crippen molar-refractivity contribution in [1.29, 1.82) is 0 Å². The Morgan fingerprint density at radius 3 is 2.59 bits per heavy atom. The smallest absolute Gasteiger partial charge is 0.387 e. The summed E-state index contributed by atoms with van der Waals surface area (Å²) in [5.41, 5.74) is 1.56. The van der Waals surface area contributed by atoms with Gasteiger partial charge in [0.25, 0.3) is 0 Å². The highest BCUT2D eigenvalue weighted by molar-refractivity contribution is 6.03. The molecule has 1 amide bonds. The second kappa shape index (κ2) is 9.47. The summed E-state index contributed by atoms with van der Waals surface area (Å²) in [6, 6.07) is 11.0. The predicted molar refractivity (Wildman–Crippen MR) is 98.4 cm³/mol. The standard InChI is InChI=1S/C20H19F2NO4/c1-3-26-18-11-14(7-9-17(18)27-20(21)22)8-10-19(25)23-16-6-4-5-15(12-16)13(2)24/h4-12,20H,3H2,1-2H3,(H,23,25)/b10-8+. The fraction of sp³-hybridized carbons (Fsp3) is 0.200. The van der Waals surface area contributed by atoms with Gasteiger partial charge in [0, 0.05) is 17.3 Å². The van der Waals surface area contributed by atoms with Gasteiger partial charge < -0.3 is 14.8 Å². The molecule has 0 aliphatic rings. The van der Waals surface area contributed by atoms with Crippen molar-refractivity contribution in [2.45, 2.75) is 20.5 Å². The average molecular weight is 375 g/mol. The first-order chi connectivity index (χ1) is 12.9. The summed E-state index contributed by atoms with van der Waals surface area (Å²) in [6.07, 6.45) is 2.80. The van der Waals surface area contributed by atoms with Crippen LogP contribution in [0.2, 0.25) is 0 Å². The SMILES string of the molecule is CCOc1cc(/C=C/C(=O)Nc2cccc(C(C)=O)c2)ccc1OC(F)F. The lowest BCUT2D eigenvalue weighted by Gasteiger charge is -2.11. The molecular formula is C20H19F2NO4. The van der Waals surface area contributed by atoms with E-state index in [1.54, 1.807) is 31.2 Å². The maximum atomic E-state index is 12.4. The molecule has 2 aromatic carbocycles. The van der Waals surface area contributed by atoms with Crippen LogP contribution < -0.4 is 14.8 Å². The quantitative estimate of drug-likeness (QED) is 0.543. The van der Waals surface area contributed by atoms with Crippen LogP contribution in [-0.2, 0) is 4.79 Å². The predicted octanol–water partition coefficient (Wildman–Crippen LogP) is 4.54. The molecule has 0 aliphatic heterocycles. The molecule has 2 aromatic rings. The fourth-order valence-electron chi connectivity index (χ4n) is 2.26. The summed E-state index contributed by atoms with van der Waals surface area (Å²) < 4.78 is 34.5. The fourth-order valence-corrected chi connectivity index (χ4v) is 2.26. The van der Waals surface area contributed by atoms with Gasteiger partial charge in [0.15, 0.2) is 17.3 Å². The van der Waals surface area contributed by atoms with Crippen LogP contribution in [0.1, 0.15) is 29.8 Å². The van der Waals surface area contributed by atoms with Crippen molar-refractivity contribution in [3.8, 4) is 11.5 Å². The number of rotatable bonds is 8. The molecule has 0 spiro atoms. The Balaban J connectivity index is 2.10. The average Bonchev–Trinajstić information content (AvgIpc) is 2.62. The van der Waals surface area contributed by atoms with Crippen LogP contribution in [0.5, 0.6) is 11.5 Å². The maximum Gasteiger partial charge on any atom is 0.387 e. The second-order valence-electron chi connectivity index (χ2n) is 5.48. The van der Waals surface area contributed by atoms with Gasteiger partial charge in [0.1, 0.15) is 0 Å². The van der Waals surface area contributed by atoms with E-state index in [9.17, 15) is 18.4 Å². The molecule has 0 fully saturated rings. The summed E-state index contributed by atoms with van der Waals surface area (Å²) in [4.78, 5) is 23.4. The number of alkyl halides is 2. The van der Waals surface area contributed by atoms with E-state index in [2.05, 4.69) is 10.1 Å². The third kappa shape index (κ3) is 6.22. The van der Waals surface area contributed by atoms with Crippen LogP contribution >= 0.6 is 0 Å². The van der Waals surface area contributed by atoms with E-state index in [0.29, 0.717) is 16.8 Å². The van der Waals surface area contributed by atoms with Crippen molar-refractivity contribution in [1.82, 2.24) is 0 Å². The van der Waals surface area contributed by atoms with Crippen molar-refractivity contribution in [3.63, 3.8) is 0 Å². The minimum atomic E-state index is -2.96. The van der Waals surface area contributed by atoms with Gasteiger partial charge >= 0.3 is 6.61 Å². The second-order valence-corrected chi connectivity index (χ2v) is 5.48. The van der Waals surface area contributed by atoms with Gasteiger partial charge in [-0.3, -0.25) is 9.59 Å². The lowest BCUT2D eigenvalue weighted by Crippen LogP contribution is -2.08. The van der Waals surface area contributed by atoms with Gasteiger partial charge in [-0.15, -0.1) is 0 Å². The first-order valence-electron chi connectivity index (χ1n) is 8.20. The third-order valence-electron chi connectivity index (χ3n) is 3.45. The van der Waals surface area contributed by atoms with E-state index in [4.69, 9.17) is 4.74 Å². The first-order valence-corrected chi connectivity index (χ1v) is 8.20. The number of hydrogen-bond acceptors (Lipinski definition) is 4. The van der Waals surface area contributed by atoms with E-state index in [1.807, 2.05) is 0 Å². The topological polar surface area (TPSA) is 64.6 Å². The first kappa shape index (κ1) is 20.1. The van der Waals surface area contributed by atoms with E-state index in [0.717, 1.165) is 0 Å². The Morgan fingerprint density at radius 2 is 1.93 bits per heavy atom. The molecule has 0 bridgehead atoms. The highest BCUT2D eigenvalue weighted by Gasteiger charge is 2.11. The third-order valence-corrected chi connectivity index (χ3v) is 3.45. The van der Waals surface area contributed by atoms with Crippen LogP contribution in [0.3, 0.4) is 0 Å². The van der Waals surface area contributed by atoms with Crippen LogP contribution in [0.25, 0.3) is 6.08 Å². The minimum Gasteiger partial charge on any atom is -0.490 e. The molecule has 1 N–H and O–H groups in total. The molecule has 0 unspecified atom stereocenters. The number of ether oxygens (including phenoxy) is 2. The summed E-state index contributed by atoms with van der Waals surface area (Å²) in [6.45, 7) is 0.483. The molecule has 0 atom stereocenters. The number of halogens is 2. The number of carbonyl (C=O) groups excluding carboxylic acids is 2. The molecule has 142 valence electrons. The van der Waals surface area contributed by atoms with Crippen LogP contribution in [0.15, 0.2) is 48.5 Å². The molecule has 0 radical (unpaired) electrons. The summed E-state index contributed by atoms with van der Waals surface area (Å²) in [7, 11) is 0. The number of ketones is 1. The normalized spacial score (nSPS) is 10.9. The van der Waals surface area contributed by atoms with Crippen molar-refractivity contribution in [2.24, 2.45) is 0 Å². The summed E-state index contributed by atoms with van der Waals surface area (Å²) >= 11 is 0. The van der Waals surface area contributed by atoms with Gasteiger partial charge in [0.2, 0.25) is 5.91 Å². The number of amides is 1. The zero-order valence-electron chi connectivity index (χ0n) is 14.9. The van der Waals surface area contributed by atoms with Crippen LogP contribution in [-0.4, -0.2) is 24.9 Å². The van der Waals surface area contributed by atoms with Crippen molar-refractivity contribution >= 4 is 23.5 Å². The zero-order chi connectivity index (χ0) is 19.8. The highest BCUT2D eigenvalue weighted by Crippen LogP contribution is 2.30. The summed E-state index contributed by atoms with van der Waals surface area (Å²) in [5, 5.41) is 2.65. The van der Waals surface area contributed by atoms with E-state index in [-0.39, 0.29) is 23.9 Å². The van der Waals surface area contributed by atoms with Gasteiger partial charge in [-0.25, -0.2) is 0 Å². The molecule has 0 aromatic heterocycles. The molecule has 5 nitrogen and oxygen atoms in total. The van der Waals surface area contributed by atoms with Crippen LogP contribution in [0, 0.1) is 0 Å². The van der Waals surface area contributed by atoms with Gasteiger partial charge in [-0.2, -0.15) is 8.78 Å². The van der Waals surface area contributed by atoms with E-state index >= 15 is 0 Å². The van der Waals surface area contributed by atoms with E-state index < -0.39 is 12.5 Å². The number of Topliss-reactive ketones (excluding diaryl/α,β-unsaturated/α-hetero) is 1. The number of anilines is 1. The van der Waals surface area contributed by atoms with Gasteiger partial charge in [-0.05, 0) is 49.8 Å². The van der Waals surface area contributed by atoms with E-state index in [1.165, 1.54) is 37.3 Å². The number of benzene rings is 2. The van der Waals surface area contributed by atoms with Crippen molar-refractivity contribution in [3.05, 3.63) is 59.7 Å². The largest absolute Gasteiger partial charge is 0.490 e. The molecule has 0 heterocycles. The molecule has 0 aliphatic carbocycles. The Bertz CT molecular complexity index is 850. The van der Waals surface area contributed by atoms with Crippen LogP contribution in [0.4, 0.5) is 14.5 Å². The Morgan fingerprint density at radius 1 is 1.15 bits per heavy atom. The molecular weight excluding hydrogens is 356 g/mol. The van der Waals surface area contributed by atoms with Gasteiger partial charge in [-0.1, -0.05) is 18.2 Å². The Hall–Kier alpha value is -3.22. The number of nitrogens with one attached hydrogen (secondary N) is 1. The zero-order valence-corrected chi connectivity index (χ0v) is 14.9. The Labute approximate surface area is 155 Å². The lowest BCUT2D eigenvalue weighted by molar-refractivity contribution is -0.111. The molecule has 7 heteroatoms. The monoisotopic (exact) mass is 375 g/mol. The molecule has 2 rings (SSSR count). The molecule has 27 heavy (non-hydrogen) atoms. The lowest BCUT2D eigenvalue weighted by atomic mass is 10.1. The van der Waals surface area contributed by atoms with Crippen molar-refractivity contribution in [2.75, 3.05) is 11.9 Å². The molecule has 0 saturated heterocycles. The number of carbonyl (C=O) groups is 2. The summed E-state index contributed by atoms with van der Waals surface area (Å²) in [5.74, 6) is -0.415. The van der Waals surface area contributed by atoms with Crippen molar-refractivity contribution < 1.29 is 27.8 Å². The van der Waals surface area contributed by atoms with Gasteiger partial charge in [0.05, 0.1) is 6.61 Å². The highest BCUT2D eigenvalue weighted by atomic mass is 19.3. The molecule has 0 saturated carbocycles. The maximum absolute atomic E-state index is 12.4. The number of hydrogen-bond donors (Lipinski definition) is 1. The minimum absolute atomic E-state index is 0.0745.